The molecule has 0 saturated heterocycles. The summed E-state index contributed by atoms with van der Waals surface area (Å²) in [5.41, 5.74) is 5.02. The number of benzene rings is 2. The van der Waals surface area contributed by atoms with Gasteiger partial charge in [0.15, 0.2) is 10.9 Å². The van der Waals surface area contributed by atoms with Crippen LogP contribution in [0.5, 0.6) is 0 Å². The van der Waals surface area contributed by atoms with Gasteiger partial charge in [-0.3, -0.25) is 9.78 Å². The Kier molecular flexibility index (Phi) is 3.89. The number of amides is 1. The molecule has 29 heavy (non-hydrogen) atoms. The van der Waals surface area contributed by atoms with Gasteiger partial charge in [0, 0.05) is 23.7 Å². The molecule has 0 aliphatic carbocycles. The Morgan fingerprint density at radius 3 is 2.69 bits per heavy atom. The number of aromatic nitrogens is 3. The van der Waals surface area contributed by atoms with Crippen molar-refractivity contribution in [3.63, 3.8) is 0 Å². The third-order valence-corrected chi connectivity index (χ3v) is 6.11. The highest BCUT2D eigenvalue weighted by molar-refractivity contribution is 7.14. The molecule has 0 fully saturated rings. The zero-order valence-electron chi connectivity index (χ0n) is 16.3. The fraction of sp³-hybridized carbons (Fsp3) is 0.182. The van der Waals surface area contributed by atoms with Gasteiger partial charge < -0.3 is 10.2 Å². The number of anilines is 3. The average molecular weight is 401 g/mol. The van der Waals surface area contributed by atoms with Crippen molar-refractivity contribution in [3.05, 3.63) is 59.6 Å². The van der Waals surface area contributed by atoms with E-state index in [1.54, 1.807) is 11.1 Å². The minimum atomic E-state index is -0.530. The van der Waals surface area contributed by atoms with Crippen molar-refractivity contribution in [2.45, 2.75) is 19.3 Å². The molecule has 0 unspecified atom stereocenters. The lowest BCUT2D eigenvalue weighted by atomic mass is 9.85. The summed E-state index contributed by atoms with van der Waals surface area (Å²) in [7, 11) is 1.82. The zero-order chi connectivity index (χ0) is 20.2. The number of nitrogens with one attached hydrogen (secondary N) is 1. The number of fused-ring (bicyclic) bond motifs is 2. The van der Waals surface area contributed by atoms with Crippen molar-refractivity contribution in [1.82, 2.24) is 15.0 Å². The smallest absolute Gasteiger partial charge is 0.236 e. The monoisotopic (exact) mass is 401 g/mol. The summed E-state index contributed by atoms with van der Waals surface area (Å²) in [6.07, 6.45) is 1.71. The summed E-state index contributed by atoms with van der Waals surface area (Å²) in [5, 5.41) is 5.99. The molecule has 1 amide bonds. The summed E-state index contributed by atoms with van der Waals surface area (Å²) in [4.78, 5) is 28.0. The van der Waals surface area contributed by atoms with Gasteiger partial charge in [0.25, 0.3) is 0 Å². The molecule has 4 aromatic rings. The summed E-state index contributed by atoms with van der Waals surface area (Å²) >= 11 is 1.51. The van der Waals surface area contributed by atoms with E-state index in [4.69, 9.17) is 4.98 Å². The van der Waals surface area contributed by atoms with Gasteiger partial charge in [-0.15, -0.1) is 11.3 Å². The second-order valence-corrected chi connectivity index (χ2v) is 8.49. The molecule has 1 aliphatic heterocycles. The molecule has 2 aromatic carbocycles. The van der Waals surface area contributed by atoms with Crippen LogP contribution in [0.25, 0.3) is 22.3 Å². The van der Waals surface area contributed by atoms with Gasteiger partial charge in [-0.2, -0.15) is 0 Å². The molecule has 0 atom stereocenters. The molecule has 2 aromatic heterocycles. The predicted octanol–water partition coefficient (Wildman–Crippen LogP) is 4.75. The number of para-hydroxylation sites is 2. The first-order valence-electron chi connectivity index (χ1n) is 9.31. The Morgan fingerprint density at radius 2 is 1.86 bits per heavy atom. The Labute approximate surface area is 172 Å². The number of hydrogen-bond acceptors (Lipinski definition) is 6. The molecule has 0 bridgehead atoms. The van der Waals surface area contributed by atoms with Gasteiger partial charge in [0.1, 0.15) is 0 Å². The van der Waals surface area contributed by atoms with Crippen molar-refractivity contribution in [1.29, 1.82) is 0 Å². The molecule has 144 valence electrons. The van der Waals surface area contributed by atoms with Crippen molar-refractivity contribution in [3.8, 4) is 11.3 Å². The van der Waals surface area contributed by atoms with Crippen LogP contribution in [0.1, 0.15) is 19.4 Å². The summed E-state index contributed by atoms with van der Waals surface area (Å²) in [6.45, 7) is 3.93. The number of likely N-dealkylation sites (N-methyl/N-ethyl adjacent to an activating group) is 1. The normalized spacial score (nSPS) is 15.0. The van der Waals surface area contributed by atoms with Gasteiger partial charge in [0.05, 0.1) is 28.3 Å². The van der Waals surface area contributed by atoms with Crippen molar-refractivity contribution in [2.24, 2.45) is 0 Å². The quantitative estimate of drug-likeness (QED) is 0.536. The fourth-order valence-corrected chi connectivity index (χ4v) is 4.45. The third-order valence-electron chi connectivity index (χ3n) is 5.35. The van der Waals surface area contributed by atoms with Gasteiger partial charge in [-0.25, -0.2) is 9.97 Å². The van der Waals surface area contributed by atoms with E-state index in [2.05, 4.69) is 21.4 Å². The van der Waals surface area contributed by atoms with E-state index in [0.717, 1.165) is 38.7 Å². The van der Waals surface area contributed by atoms with Gasteiger partial charge in [-0.1, -0.05) is 18.2 Å². The molecule has 3 heterocycles. The minimum absolute atomic E-state index is 0.111. The van der Waals surface area contributed by atoms with E-state index in [9.17, 15) is 4.79 Å². The molecular formula is C22H19N5OS. The van der Waals surface area contributed by atoms with Crippen LogP contribution < -0.4 is 10.2 Å². The number of hydrogen-bond donors (Lipinski definition) is 1. The largest absolute Gasteiger partial charge is 0.315 e. The first-order chi connectivity index (χ1) is 13.9. The maximum atomic E-state index is 12.5. The van der Waals surface area contributed by atoms with Crippen molar-refractivity contribution < 1.29 is 4.79 Å². The predicted molar refractivity (Wildman–Crippen MR) is 117 cm³/mol. The topological polar surface area (TPSA) is 71.0 Å². The highest BCUT2D eigenvalue weighted by atomic mass is 32.1. The van der Waals surface area contributed by atoms with Gasteiger partial charge in [0.2, 0.25) is 5.91 Å². The van der Waals surface area contributed by atoms with Crippen LogP contribution in [0.15, 0.2) is 54.0 Å². The van der Waals surface area contributed by atoms with E-state index in [0.29, 0.717) is 5.82 Å². The Morgan fingerprint density at radius 1 is 1.07 bits per heavy atom. The van der Waals surface area contributed by atoms with Gasteiger partial charge >= 0.3 is 0 Å². The standard InChI is InChI=1S/C22H19N5OS/c1-22(2)14-10-13(8-9-18(14)27(3)20(22)28)17-12-29-21(25-17)26-19-11-23-15-6-4-5-7-16(15)24-19/h4-12H,1-3H3,(H,24,25,26). The lowest BCUT2D eigenvalue weighted by Gasteiger charge is -2.16. The number of carbonyl (C=O) groups excluding carboxylic acids is 1. The average Bonchev–Trinajstić information content (AvgIpc) is 3.26. The molecule has 6 nitrogen and oxygen atoms in total. The molecule has 0 radical (unpaired) electrons. The number of carbonyl (C=O) groups is 1. The maximum absolute atomic E-state index is 12.5. The van der Waals surface area contributed by atoms with Crippen molar-refractivity contribution in [2.75, 3.05) is 17.3 Å². The molecule has 0 spiro atoms. The number of nitrogens with zero attached hydrogens (tertiary/aromatic N) is 4. The second-order valence-electron chi connectivity index (χ2n) is 7.63. The lowest BCUT2D eigenvalue weighted by molar-refractivity contribution is -0.121. The van der Waals surface area contributed by atoms with E-state index in [-0.39, 0.29) is 5.91 Å². The van der Waals surface area contributed by atoms with E-state index < -0.39 is 5.41 Å². The molecule has 1 N–H and O–H groups in total. The third kappa shape index (κ3) is 2.86. The highest BCUT2D eigenvalue weighted by Crippen LogP contribution is 2.42. The highest BCUT2D eigenvalue weighted by Gasteiger charge is 2.42. The second kappa shape index (κ2) is 6.35. The molecule has 0 saturated carbocycles. The first-order valence-corrected chi connectivity index (χ1v) is 10.2. The SMILES string of the molecule is CN1C(=O)C(C)(C)c2cc(-c3csc(Nc4cnc5ccccc5n4)n3)ccc21. The van der Waals surface area contributed by atoms with E-state index >= 15 is 0 Å². The maximum Gasteiger partial charge on any atom is 0.236 e. The lowest BCUT2D eigenvalue weighted by Crippen LogP contribution is -2.33. The van der Waals surface area contributed by atoms with Crippen LogP contribution in [0.3, 0.4) is 0 Å². The van der Waals surface area contributed by atoms with Crippen LogP contribution >= 0.6 is 11.3 Å². The number of rotatable bonds is 3. The van der Waals surface area contributed by atoms with Gasteiger partial charge in [-0.05, 0) is 43.7 Å². The minimum Gasteiger partial charge on any atom is -0.315 e. The molecule has 1 aliphatic rings. The fourth-order valence-electron chi connectivity index (χ4n) is 3.72. The molecule has 5 rings (SSSR count). The Balaban J connectivity index is 1.44. The van der Waals surface area contributed by atoms with Crippen molar-refractivity contribution >= 4 is 44.9 Å². The summed E-state index contributed by atoms with van der Waals surface area (Å²) < 4.78 is 0. The van der Waals surface area contributed by atoms with E-state index in [1.165, 1.54) is 11.3 Å². The summed E-state index contributed by atoms with van der Waals surface area (Å²) in [6, 6.07) is 13.8. The Bertz CT molecular complexity index is 1260. The number of thiazole rings is 1. The molecular weight excluding hydrogens is 382 g/mol. The summed E-state index contributed by atoms with van der Waals surface area (Å²) in [5.74, 6) is 0.770. The molecule has 7 heteroatoms. The van der Waals surface area contributed by atoms with Crippen LogP contribution in [-0.4, -0.2) is 27.9 Å². The van der Waals surface area contributed by atoms with Crippen LogP contribution in [0.2, 0.25) is 0 Å². The van der Waals surface area contributed by atoms with E-state index in [1.807, 2.05) is 62.7 Å². The van der Waals surface area contributed by atoms with Crippen LogP contribution in [-0.2, 0) is 10.2 Å². The van der Waals surface area contributed by atoms with Crippen LogP contribution in [0.4, 0.5) is 16.6 Å². The zero-order valence-corrected chi connectivity index (χ0v) is 17.1. The Hall–Kier alpha value is -3.32. The van der Waals surface area contributed by atoms with Crippen LogP contribution in [0, 0.1) is 0 Å². The first kappa shape index (κ1) is 17.8.